The summed E-state index contributed by atoms with van der Waals surface area (Å²) in [7, 11) is 0. The zero-order valence-corrected chi connectivity index (χ0v) is 8.90. The Morgan fingerprint density at radius 2 is 2.19 bits per heavy atom. The number of hydrogen-bond donors (Lipinski definition) is 1. The first-order chi connectivity index (χ1) is 7.70. The summed E-state index contributed by atoms with van der Waals surface area (Å²) in [6.45, 7) is 0.825. The predicted molar refractivity (Wildman–Crippen MR) is 57.0 cm³/mol. The van der Waals surface area contributed by atoms with Gasteiger partial charge in [-0.15, -0.1) is 0 Å². The van der Waals surface area contributed by atoms with Crippen LogP contribution in [-0.4, -0.2) is 29.1 Å². The van der Waals surface area contributed by atoms with Gasteiger partial charge in [0, 0.05) is 37.6 Å². The molecular weight excluding hydrogens is 209 g/mol. The number of nitrogens with zero attached hydrogens (tertiary/aromatic N) is 1. The number of aliphatic hydroxyl groups is 1. The van der Waals surface area contributed by atoms with Gasteiger partial charge in [0.2, 0.25) is 5.91 Å². The summed E-state index contributed by atoms with van der Waals surface area (Å²) < 4.78 is 13.4. The van der Waals surface area contributed by atoms with Crippen LogP contribution in [0.2, 0.25) is 0 Å². The molecule has 4 heteroatoms. The van der Waals surface area contributed by atoms with Crippen LogP contribution in [0.5, 0.6) is 0 Å². The molecule has 0 aliphatic carbocycles. The smallest absolute Gasteiger partial charge is 0.223 e. The third-order valence-electron chi connectivity index (χ3n) is 2.87. The molecule has 0 radical (unpaired) electrons. The molecule has 86 valence electrons. The molecule has 1 N–H and O–H groups in total. The molecule has 1 atom stereocenters. The van der Waals surface area contributed by atoms with Crippen molar-refractivity contribution in [3.05, 3.63) is 35.6 Å². The van der Waals surface area contributed by atoms with Crippen molar-refractivity contribution in [3.8, 4) is 0 Å². The highest BCUT2D eigenvalue weighted by molar-refractivity contribution is 5.78. The lowest BCUT2D eigenvalue weighted by Crippen LogP contribution is -2.25. The number of likely N-dealkylation sites (tertiary alicyclic amines) is 1. The molecular formula is C12H14FNO2. The Balaban J connectivity index is 2.06. The van der Waals surface area contributed by atoms with Crippen LogP contribution in [0.25, 0.3) is 0 Å². The summed E-state index contributed by atoms with van der Waals surface area (Å²) in [5.74, 6) is -0.302. The number of amides is 1. The summed E-state index contributed by atoms with van der Waals surface area (Å²) in [6, 6.07) is 6.44. The van der Waals surface area contributed by atoms with E-state index in [4.69, 9.17) is 5.11 Å². The Morgan fingerprint density at radius 3 is 2.81 bits per heavy atom. The van der Waals surface area contributed by atoms with Gasteiger partial charge in [-0.1, -0.05) is 18.2 Å². The van der Waals surface area contributed by atoms with Gasteiger partial charge in [0.05, 0.1) is 0 Å². The quantitative estimate of drug-likeness (QED) is 0.835. The van der Waals surface area contributed by atoms with Gasteiger partial charge in [-0.05, 0) is 6.07 Å². The third kappa shape index (κ3) is 2.22. The van der Waals surface area contributed by atoms with Gasteiger partial charge in [-0.3, -0.25) is 4.79 Å². The Morgan fingerprint density at radius 1 is 1.44 bits per heavy atom. The van der Waals surface area contributed by atoms with E-state index in [2.05, 4.69) is 0 Å². The minimum Gasteiger partial charge on any atom is -0.396 e. The highest BCUT2D eigenvalue weighted by Gasteiger charge is 2.29. The second kappa shape index (κ2) is 4.61. The molecule has 0 aromatic heterocycles. The number of carbonyl (C=O) groups excluding carboxylic acids is 1. The number of aliphatic hydroxyl groups excluding tert-OH is 1. The van der Waals surface area contributed by atoms with Crippen molar-refractivity contribution in [2.24, 2.45) is 5.92 Å². The SMILES string of the molecule is O=C1CC(CO)CN1Cc1ccccc1F. The van der Waals surface area contributed by atoms with E-state index in [0.717, 1.165) is 0 Å². The van der Waals surface area contributed by atoms with E-state index >= 15 is 0 Å². The minimum absolute atomic E-state index is 0.000673. The lowest BCUT2D eigenvalue weighted by molar-refractivity contribution is -0.128. The Labute approximate surface area is 93.5 Å². The molecule has 0 bridgehead atoms. The van der Waals surface area contributed by atoms with Crippen LogP contribution < -0.4 is 0 Å². The summed E-state index contributed by atoms with van der Waals surface area (Å²) in [5.41, 5.74) is 0.523. The molecule has 1 aromatic rings. The number of carbonyl (C=O) groups is 1. The Kier molecular flexibility index (Phi) is 3.19. The van der Waals surface area contributed by atoms with Crippen molar-refractivity contribution in [1.29, 1.82) is 0 Å². The monoisotopic (exact) mass is 223 g/mol. The van der Waals surface area contributed by atoms with E-state index in [1.54, 1.807) is 23.1 Å². The number of benzene rings is 1. The van der Waals surface area contributed by atoms with Crippen molar-refractivity contribution in [2.45, 2.75) is 13.0 Å². The van der Waals surface area contributed by atoms with E-state index in [1.165, 1.54) is 6.07 Å². The fourth-order valence-corrected chi connectivity index (χ4v) is 1.96. The highest BCUT2D eigenvalue weighted by Crippen LogP contribution is 2.20. The largest absolute Gasteiger partial charge is 0.396 e. The molecule has 2 rings (SSSR count). The van der Waals surface area contributed by atoms with Gasteiger partial charge in [-0.2, -0.15) is 0 Å². The summed E-state index contributed by atoms with van der Waals surface area (Å²) in [4.78, 5) is 13.1. The zero-order valence-electron chi connectivity index (χ0n) is 8.90. The van der Waals surface area contributed by atoms with Crippen LogP contribution >= 0.6 is 0 Å². The maximum absolute atomic E-state index is 13.4. The first-order valence-corrected chi connectivity index (χ1v) is 5.32. The molecule has 16 heavy (non-hydrogen) atoms. The summed E-state index contributed by atoms with van der Waals surface area (Å²) in [6.07, 6.45) is 0.366. The fourth-order valence-electron chi connectivity index (χ4n) is 1.96. The highest BCUT2D eigenvalue weighted by atomic mass is 19.1. The van der Waals surface area contributed by atoms with Crippen molar-refractivity contribution in [2.75, 3.05) is 13.2 Å². The second-order valence-corrected chi connectivity index (χ2v) is 4.12. The van der Waals surface area contributed by atoms with E-state index in [-0.39, 0.29) is 24.2 Å². The first kappa shape index (κ1) is 11.1. The van der Waals surface area contributed by atoms with Crippen LogP contribution in [0, 0.1) is 11.7 Å². The topological polar surface area (TPSA) is 40.5 Å². The third-order valence-corrected chi connectivity index (χ3v) is 2.87. The molecule has 1 aliphatic heterocycles. The average molecular weight is 223 g/mol. The van der Waals surface area contributed by atoms with Gasteiger partial charge in [0.1, 0.15) is 5.82 Å². The van der Waals surface area contributed by atoms with Gasteiger partial charge >= 0.3 is 0 Å². The normalized spacial score (nSPS) is 20.5. The van der Waals surface area contributed by atoms with Crippen LogP contribution in [0.15, 0.2) is 24.3 Å². The molecule has 3 nitrogen and oxygen atoms in total. The standard InChI is InChI=1S/C12H14FNO2/c13-11-4-2-1-3-10(11)7-14-6-9(8-15)5-12(14)16/h1-4,9,15H,5-8H2. The van der Waals surface area contributed by atoms with Gasteiger partial charge < -0.3 is 10.0 Å². The van der Waals surface area contributed by atoms with Crippen LogP contribution in [0.4, 0.5) is 4.39 Å². The molecule has 1 aromatic carbocycles. The number of rotatable bonds is 3. The Hall–Kier alpha value is -1.42. The molecule has 1 unspecified atom stereocenters. The van der Waals surface area contributed by atoms with Crippen LogP contribution in [0.1, 0.15) is 12.0 Å². The maximum Gasteiger partial charge on any atom is 0.223 e. The van der Waals surface area contributed by atoms with Crippen molar-refractivity contribution < 1.29 is 14.3 Å². The zero-order chi connectivity index (χ0) is 11.5. The molecule has 0 saturated carbocycles. The maximum atomic E-state index is 13.4. The van der Waals surface area contributed by atoms with Crippen LogP contribution in [0.3, 0.4) is 0 Å². The van der Waals surface area contributed by atoms with E-state index in [1.807, 2.05) is 0 Å². The van der Waals surface area contributed by atoms with Crippen LogP contribution in [-0.2, 0) is 11.3 Å². The van der Waals surface area contributed by atoms with Crippen molar-refractivity contribution in [3.63, 3.8) is 0 Å². The molecule has 1 heterocycles. The molecule has 1 aliphatic rings. The fraction of sp³-hybridized carbons (Fsp3) is 0.417. The molecule has 1 amide bonds. The second-order valence-electron chi connectivity index (χ2n) is 4.12. The summed E-state index contributed by atoms with van der Waals surface area (Å²) in [5, 5.41) is 8.97. The molecule has 0 spiro atoms. The number of hydrogen-bond acceptors (Lipinski definition) is 2. The lowest BCUT2D eigenvalue weighted by atomic mass is 10.1. The van der Waals surface area contributed by atoms with Gasteiger partial charge in [-0.25, -0.2) is 4.39 Å². The van der Waals surface area contributed by atoms with Crippen molar-refractivity contribution in [1.82, 2.24) is 4.90 Å². The first-order valence-electron chi connectivity index (χ1n) is 5.32. The minimum atomic E-state index is -0.289. The lowest BCUT2D eigenvalue weighted by Gasteiger charge is -2.16. The van der Waals surface area contributed by atoms with Gasteiger partial charge in [0.25, 0.3) is 0 Å². The van der Waals surface area contributed by atoms with Crippen molar-refractivity contribution >= 4 is 5.91 Å². The summed E-state index contributed by atoms with van der Waals surface area (Å²) >= 11 is 0. The van der Waals surface area contributed by atoms with E-state index in [9.17, 15) is 9.18 Å². The van der Waals surface area contributed by atoms with Gasteiger partial charge in [0.15, 0.2) is 0 Å². The average Bonchev–Trinajstić information content (AvgIpc) is 2.63. The molecule has 1 saturated heterocycles. The number of halogens is 1. The van der Waals surface area contributed by atoms with E-state index < -0.39 is 0 Å². The predicted octanol–water partition coefficient (Wildman–Crippen LogP) is 1.17. The molecule has 1 fully saturated rings. The Bertz CT molecular complexity index is 394. The van der Waals surface area contributed by atoms with E-state index in [0.29, 0.717) is 25.1 Å².